The average Bonchev–Trinajstić information content (AvgIpc) is 3.02. The number of hydrogen-bond acceptors (Lipinski definition) is 4. The lowest BCUT2D eigenvalue weighted by Crippen LogP contribution is -2.00. The second kappa shape index (κ2) is 5.08. The van der Waals surface area contributed by atoms with Gasteiger partial charge in [0.05, 0.1) is 12.8 Å². The molecule has 3 aromatic rings. The third kappa shape index (κ3) is 2.23. The van der Waals surface area contributed by atoms with Crippen LogP contribution in [0.25, 0.3) is 17.1 Å². The Morgan fingerprint density at radius 2 is 2.10 bits per heavy atom. The zero-order valence-electron chi connectivity index (χ0n) is 10.7. The molecule has 0 N–H and O–H groups in total. The Bertz CT molecular complexity index is 728. The van der Waals surface area contributed by atoms with Gasteiger partial charge in [0.2, 0.25) is 0 Å². The number of hydrogen-bond donors (Lipinski definition) is 0. The molecular formula is C14H11FN4O. The lowest BCUT2D eigenvalue weighted by Gasteiger charge is -2.07. The Morgan fingerprint density at radius 1 is 1.20 bits per heavy atom. The van der Waals surface area contributed by atoms with E-state index in [-0.39, 0.29) is 5.82 Å². The fourth-order valence-corrected chi connectivity index (χ4v) is 1.85. The average molecular weight is 270 g/mol. The summed E-state index contributed by atoms with van der Waals surface area (Å²) in [6, 6.07) is 7.97. The summed E-state index contributed by atoms with van der Waals surface area (Å²) in [7, 11) is 1.53. The molecule has 20 heavy (non-hydrogen) atoms. The molecule has 2 aromatic heterocycles. The number of halogens is 1. The van der Waals surface area contributed by atoms with Crippen LogP contribution in [0.1, 0.15) is 0 Å². The molecule has 0 amide bonds. The first-order valence-corrected chi connectivity index (χ1v) is 5.94. The molecule has 0 aliphatic carbocycles. The smallest absolute Gasteiger partial charge is 0.157 e. The van der Waals surface area contributed by atoms with Gasteiger partial charge in [-0.1, -0.05) is 0 Å². The maximum Gasteiger partial charge on any atom is 0.157 e. The number of methoxy groups -OCH3 is 1. The van der Waals surface area contributed by atoms with Crippen LogP contribution in [0, 0.1) is 5.82 Å². The Kier molecular flexibility index (Phi) is 3.12. The Labute approximate surface area is 114 Å². The van der Waals surface area contributed by atoms with Gasteiger partial charge in [0.1, 0.15) is 17.9 Å². The van der Waals surface area contributed by atoms with E-state index in [1.165, 1.54) is 19.5 Å². The number of ether oxygens (including phenoxy) is 1. The fourth-order valence-electron chi connectivity index (χ4n) is 1.85. The highest BCUT2D eigenvalue weighted by Crippen LogP contribution is 2.26. The van der Waals surface area contributed by atoms with Crippen molar-refractivity contribution in [1.82, 2.24) is 19.7 Å². The highest BCUT2D eigenvalue weighted by molar-refractivity contribution is 5.63. The summed E-state index contributed by atoms with van der Waals surface area (Å²) < 4.78 is 20.6. The first-order chi connectivity index (χ1) is 9.78. The van der Waals surface area contributed by atoms with Crippen LogP contribution < -0.4 is 4.74 Å². The van der Waals surface area contributed by atoms with E-state index >= 15 is 0 Å². The third-order valence-electron chi connectivity index (χ3n) is 2.84. The highest BCUT2D eigenvalue weighted by atomic mass is 19.1. The van der Waals surface area contributed by atoms with Crippen molar-refractivity contribution in [3.05, 3.63) is 54.9 Å². The standard InChI is InChI=1S/C14H11FN4O/c1-20-10-3-4-12(15)11(7-10)13-8-14(17-9-16-13)19-6-2-5-18-19/h2-9H,1H3. The van der Waals surface area contributed by atoms with Gasteiger partial charge >= 0.3 is 0 Å². The van der Waals surface area contributed by atoms with E-state index in [2.05, 4.69) is 15.1 Å². The molecule has 5 nitrogen and oxygen atoms in total. The molecule has 0 unspecified atom stereocenters. The Hall–Kier alpha value is -2.76. The van der Waals surface area contributed by atoms with Crippen LogP contribution in [0.4, 0.5) is 4.39 Å². The molecule has 0 radical (unpaired) electrons. The zero-order chi connectivity index (χ0) is 13.9. The molecule has 6 heteroatoms. The van der Waals surface area contributed by atoms with Gasteiger partial charge in [0, 0.05) is 24.0 Å². The number of benzene rings is 1. The van der Waals surface area contributed by atoms with Gasteiger partial charge in [0.25, 0.3) is 0 Å². The molecule has 0 fully saturated rings. The Balaban J connectivity index is 2.09. The van der Waals surface area contributed by atoms with E-state index in [0.29, 0.717) is 22.8 Å². The highest BCUT2D eigenvalue weighted by Gasteiger charge is 2.10. The topological polar surface area (TPSA) is 52.8 Å². The summed E-state index contributed by atoms with van der Waals surface area (Å²) in [5, 5.41) is 4.09. The van der Waals surface area contributed by atoms with Gasteiger partial charge in [0.15, 0.2) is 5.82 Å². The first kappa shape index (κ1) is 12.3. The second-order valence-electron chi connectivity index (χ2n) is 4.06. The fraction of sp³-hybridized carbons (Fsp3) is 0.0714. The minimum Gasteiger partial charge on any atom is -0.497 e. The summed E-state index contributed by atoms with van der Waals surface area (Å²) in [4.78, 5) is 8.22. The van der Waals surface area contributed by atoms with E-state index < -0.39 is 0 Å². The minimum atomic E-state index is -0.365. The van der Waals surface area contributed by atoms with Crippen molar-refractivity contribution < 1.29 is 9.13 Å². The first-order valence-electron chi connectivity index (χ1n) is 5.94. The summed E-state index contributed by atoms with van der Waals surface area (Å²) in [6.45, 7) is 0. The van der Waals surface area contributed by atoms with Crippen LogP contribution in [0.3, 0.4) is 0 Å². The van der Waals surface area contributed by atoms with Crippen molar-refractivity contribution in [3.63, 3.8) is 0 Å². The van der Waals surface area contributed by atoms with Crippen LogP contribution in [0.2, 0.25) is 0 Å². The van der Waals surface area contributed by atoms with Gasteiger partial charge in [-0.2, -0.15) is 5.10 Å². The van der Waals surface area contributed by atoms with Gasteiger partial charge < -0.3 is 4.74 Å². The lowest BCUT2D eigenvalue weighted by atomic mass is 10.1. The van der Waals surface area contributed by atoms with E-state index in [4.69, 9.17) is 4.74 Å². The van der Waals surface area contributed by atoms with Crippen molar-refractivity contribution in [2.24, 2.45) is 0 Å². The molecule has 0 aliphatic heterocycles. The van der Waals surface area contributed by atoms with Crippen LogP contribution in [-0.4, -0.2) is 26.9 Å². The Morgan fingerprint density at radius 3 is 2.85 bits per heavy atom. The molecule has 0 spiro atoms. The molecule has 0 aliphatic rings. The molecule has 0 atom stereocenters. The van der Waals surface area contributed by atoms with Crippen molar-refractivity contribution in [3.8, 4) is 22.8 Å². The molecular weight excluding hydrogens is 259 g/mol. The molecule has 1 aromatic carbocycles. The minimum absolute atomic E-state index is 0.361. The normalized spacial score (nSPS) is 10.5. The van der Waals surface area contributed by atoms with Crippen LogP contribution in [0.5, 0.6) is 5.75 Å². The summed E-state index contributed by atoms with van der Waals surface area (Å²) in [6.07, 6.45) is 4.78. The molecule has 0 saturated heterocycles. The van der Waals surface area contributed by atoms with Crippen LogP contribution in [0.15, 0.2) is 49.1 Å². The molecule has 0 bridgehead atoms. The number of rotatable bonds is 3. The van der Waals surface area contributed by atoms with E-state index in [9.17, 15) is 4.39 Å². The SMILES string of the molecule is COc1ccc(F)c(-c2cc(-n3cccn3)ncn2)c1. The number of aromatic nitrogens is 4. The van der Waals surface area contributed by atoms with Gasteiger partial charge in [-0.15, -0.1) is 0 Å². The van der Waals surface area contributed by atoms with Crippen molar-refractivity contribution in [2.45, 2.75) is 0 Å². The third-order valence-corrected chi connectivity index (χ3v) is 2.84. The van der Waals surface area contributed by atoms with E-state index in [1.54, 1.807) is 41.3 Å². The summed E-state index contributed by atoms with van der Waals surface area (Å²) in [5.41, 5.74) is 0.835. The van der Waals surface area contributed by atoms with Crippen LogP contribution >= 0.6 is 0 Å². The van der Waals surface area contributed by atoms with E-state index in [0.717, 1.165) is 0 Å². The van der Waals surface area contributed by atoms with Crippen molar-refractivity contribution in [1.29, 1.82) is 0 Å². The predicted molar refractivity (Wildman–Crippen MR) is 71.1 cm³/mol. The second-order valence-corrected chi connectivity index (χ2v) is 4.06. The maximum absolute atomic E-state index is 13.9. The van der Waals surface area contributed by atoms with Gasteiger partial charge in [-0.25, -0.2) is 19.0 Å². The van der Waals surface area contributed by atoms with Crippen molar-refractivity contribution in [2.75, 3.05) is 7.11 Å². The zero-order valence-corrected chi connectivity index (χ0v) is 10.7. The van der Waals surface area contributed by atoms with Crippen molar-refractivity contribution >= 4 is 0 Å². The molecule has 2 heterocycles. The monoisotopic (exact) mass is 270 g/mol. The molecule has 0 saturated carbocycles. The summed E-state index contributed by atoms with van der Waals surface area (Å²) in [5.74, 6) is 0.777. The number of nitrogens with zero attached hydrogens (tertiary/aromatic N) is 4. The van der Waals surface area contributed by atoms with Gasteiger partial charge in [-0.05, 0) is 24.3 Å². The van der Waals surface area contributed by atoms with Gasteiger partial charge in [-0.3, -0.25) is 0 Å². The molecule has 3 rings (SSSR count). The largest absolute Gasteiger partial charge is 0.497 e. The summed E-state index contributed by atoms with van der Waals surface area (Å²) >= 11 is 0. The lowest BCUT2D eigenvalue weighted by molar-refractivity contribution is 0.414. The van der Waals surface area contributed by atoms with Crippen LogP contribution in [-0.2, 0) is 0 Å². The quantitative estimate of drug-likeness (QED) is 0.733. The maximum atomic E-state index is 13.9. The molecule has 100 valence electrons. The van der Waals surface area contributed by atoms with E-state index in [1.807, 2.05) is 0 Å². The predicted octanol–water partition coefficient (Wildman–Crippen LogP) is 2.48.